The summed E-state index contributed by atoms with van der Waals surface area (Å²) in [4.78, 5) is 13.7. The molecule has 1 fully saturated rings. The highest BCUT2D eigenvalue weighted by Gasteiger charge is 2.30. The molecule has 0 spiro atoms. The van der Waals surface area contributed by atoms with Gasteiger partial charge in [-0.2, -0.15) is 0 Å². The Morgan fingerprint density at radius 1 is 1.46 bits per heavy atom. The van der Waals surface area contributed by atoms with Crippen molar-refractivity contribution >= 4 is 28.5 Å². The number of likely N-dealkylation sites (tertiary alicyclic amines) is 1. The highest BCUT2D eigenvalue weighted by Crippen LogP contribution is 2.22. The Labute approximate surface area is 93.2 Å². The van der Waals surface area contributed by atoms with E-state index in [2.05, 4.69) is 22.6 Å². The van der Waals surface area contributed by atoms with Crippen molar-refractivity contribution in [2.45, 2.75) is 36.2 Å². The normalized spacial score (nSPS) is 20.5. The minimum absolute atomic E-state index is 0.236. The van der Waals surface area contributed by atoms with Gasteiger partial charge < -0.3 is 10.6 Å². The average molecular weight is 296 g/mol. The second kappa shape index (κ2) is 4.13. The van der Waals surface area contributed by atoms with Crippen molar-refractivity contribution in [2.24, 2.45) is 5.73 Å². The first-order valence-corrected chi connectivity index (χ1v) is 5.73. The van der Waals surface area contributed by atoms with E-state index in [1.54, 1.807) is 0 Å². The maximum absolute atomic E-state index is 11.8. The monoisotopic (exact) mass is 296 g/mol. The number of nitrogens with zero attached hydrogens (tertiary/aromatic N) is 1. The molecule has 0 saturated carbocycles. The van der Waals surface area contributed by atoms with E-state index in [1.807, 2.05) is 18.7 Å². The molecular weight excluding hydrogens is 279 g/mol. The number of nitrogens with two attached hydrogens (primary N) is 1. The van der Waals surface area contributed by atoms with Gasteiger partial charge in [0.05, 0.1) is 3.42 Å². The molecule has 0 aromatic rings. The summed E-state index contributed by atoms with van der Waals surface area (Å²) in [6, 6.07) is 0.293. The van der Waals surface area contributed by atoms with Crippen LogP contribution in [0.15, 0.2) is 0 Å². The number of piperidine rings is 1. The van der Waals surface area contributed by atoms with Crippen LogP contribution in [0.25, 0.3) is 0 Å². The third kappa shape index (κ3) is 3.09. The number of alkyl halides is 1. The zero-order chi connectivity index (χ0) is 10.1. The predicted molar refractivity (Wildman–Crippen MR) is 61.9 cm³/mol. The zero-order valence-electron chi connectivity index (χ0n) is 8.22. The number of rotatable bonds is 1. The van der Waals surface area contributed by atoms with Crippen molar-refractivity contribution in [3.63, 3.8) is 0 Å². The van der Waals surface area contributed by atoms with Gasteiger partial charge in [0.1, 0.15) is 0 Å². The lowest BCUT2D eigenvalue weighted by Gasteiger charge is -2.33. The summed E-state index contributed by atoms with van der Waals surface area (Å²) in [5.74, 6) is 0.236. The number of carbonyl (C=O) groups excluding carboxylic acids is 1. The van der Waals surface area contributed by atoms with E-state index < -0.39 is 0 Å². The van der Waals surface area contributed by atoms with Gasteiger partial charge in [-0.15, -0.1) is 0 Å². The van der Waals surface area contributed by atoms with Crippen molar-refractivity contribution in [1.29, 1.82) is 0 Å². The van der Waals surface area contributed by atoms with Crippen LogP contribution in [0.2, 0.25) is 0 Å². The van der Waals surface area contributed by atoms with E-state index in [0.717, 1.165) is 25.9 Å². The van der Waals surface area contributed by atoms with Gasteiger partial charge in [0.15, 0.2) is 0 Å². The SMILES string of the molecule is CC(C)(I)C(=O)N1CCC(N)CC1. The first kappa shape index (κ1) is 11.2. The molecule has 0 atom stereocenters. The summed E-state index contributed by atoms with van der Waals surface area (Å²) in [6.45, 7) is 5.55. The maximum atomic E-state index is 11.8. The fraction of sp³-hybridized carbons (Fsp3) is 0.889. The lowest BCUT2D eigenvalue weighted by Crippen LogP contribution is -2.48. The summed E-state index contributed by atoms with van der Waals surface area (Å²) in [7, 11) is 0. The number of halogens is 1. The molecular formula is C9H17IN2O. The van der Waals surface area contributed by atoms with Crippen molar-refractivity contribution in [3.8, 4) is 0 Å². The molecule has 0 aliphatic carbocycles. The number of hydrogen-bond donors (Lipinski definition) is 1. The van der Waals surface area contributed by atoms with Gasteiger partial charge in [0.25, 0.3) is 0 Å². The third-order valence-electron chi connectivity index (χ3n) is 2.34. The van der Waals surface area contributed by atoms with E-state index in [-0.39, 0.29) is 9.33 Å². The van der Waals surface area contributed by atoms with Gasteiger partial charge in [-0.05, 0) is 26.7 Å². The molecule has 3 nitrogen and oxygen atoms in total. The molecule has 13 heavy (non-hydrogen) atoms. The van der Waals surface area contributed by atoms with Crippen LogP contribution in [-0.4, -0.2) is 33.4 Å². The van der Waals surface area contributed by atoms with E-state index in [4.69, 9.17) is 5.73 Å². The molecule has 1 rings (SSSR count). The van der Waals surface area contributed by atoms with Gasteiger partial charge in [-0.25, -0.2) is 0 Å². The number of hydrogen-bond acceptors (Lipinski definition) is 2. The molecule has 0 unspecified atom stereocenters. The largest absolute Gasteiger partial charge is 0.341 e. The van der Waals surface area contributed by atoms with Crippen LogP contribution < -0.4 is 5.73 Å². The van der Waals surface area contributed by atoms with Crippen LogP contribution >= 0.6 is 22.6 Å². The molecule has 1 aliphatic heterocycles. The second-order valence-electron chi connectivity index (χ2n) is 4.10. The zero-order valence-corrected chi connectivity index (χ0v) is 10.4. The van der Waals surface area contributed by atoms with Gasteiger partial charge in [-0.1, -0.05) is 22.6 Å². The third-order valence-corrected chi connectivity index (χ3v) is 2.80. The highest BCUT2D eigenvalue weighted by atomic mass is 127. The van der Waals surface area contributed by atoms with Crippen LogP contribution in [0.1, 0.15) is 26.7 Å². The van der Waals surface area contributed by atoms with Gasteiger partial charge in [0.2, 0.25) is 5.91 Å². The summed E-state index contributed by atoms with van der Waals surface area (Å²) in [5.41, 5.74) is 5.77. The summed E-state index contributed by atoms with van der Waals surface area (Å²) in [5, 5.41) is 0. The second-order valence-corrected chi connectivity index (χ2v) is 6.80. The molecule has 1 saturated heterocycles. The van der Waals surface area contributed by atoms with Gasteiger partial charge >= 0.3 is 0 Å². The van der Waals surface area contributed by atoms with Crippen LogP contribution in [-0.2, 0) is 4.79 Å². The smallest absolute Gasteiger partial charge is 0.238 e. The molecule has 0 radical (unpaired) electrons. The molecule has 0 aromatic carbocycles. The first-order valence-electron chi connectivity index (χ1n) is 4.65. The van der Waals surface area contributed by atoms with Crippen LogP contribution in [0.5, 0.6) is 0 Å². The lowest BCUT2D eigenvalue weighted by atomic mass is 10.0. The Balaban J connectivity index is 2.50. The van der Waals surface area contributed by atoms with Crippen LogP contribution in [0, 0.1) is 0 Å². The number of carbonyl (C=O) groups is 1. The highest BCUT2D eigenvalue weighted by molar-refractivity contribution is 14.1. The Bertz CT molecular complexity index is 192. The maximum Gasteiger partial charge on any atom is 0.238 e. The van der Waals surface area contributed by atoms with Crippen LogP contribution in [0.4, 0.5) is 0 Å². The Kier molecular flexibility index (Phi) is 3.57. The Morgan fingerprint density at radius 2 is 1.92 bits per heavy atom. The Morgan fingerprint density at radius 3 is 2.31 bits per heavy atom. The van der Waals surface area contributed by atoms with E-state index in [1.165, 1.54) is 0 Å². The molecule has 4 heteroatoms. The van der Waals surface area contributed by atoms with Crippen molar-refractivity contribution < 1.29 is 4.79 Å². The van der Waals surface area contributed by atoms with E-state index in [9.17, 15) is 4.79 Å². The summed E-state index contributed by atoms with van der Waals surface area (Å²) < 4.78 is -0.279. The minimum atomic E-state index is -0.279. The molecule has 1 amide bonds. The minimum Gasteiger partial charge on any atom is -0.341 e. The van der Waals surface area contributed by atoms with Crippen molar-refractivity contribution in [1.82, 2.24) is 4.90 Å². The fourth-order valence-corrected chi connectivity index (χ4v) is 1.82. The quantitative estimate of drug-likeness (QED) is 0.583. The predicted octanol–water partition coefficient (Wildman–Crippen LogP) is 1.15. The average Bonchev–Trinajstić information content (AvgIpc) is 2.03. The lowest BCUT2D eigenvalue weighted by molar-refractivity contribution is -0.133. The fourth-order valence-electron chi connectivity index (χ4n) is 1.48. The van der Waals surface area contributed by atoms with Crippen molar-refractivity contribution in [2.75, 3.05) is 13.1 Å². The first-order chi connectivity index (χ1) is 5.91. The van der Waals surface area contributed by atoms with Crippen LogP contribution in [0.3, 0.4) is 0 Å². The molecule has 0 bridgehead atoms. The van der Waals surface area contributed by atoms with Gasteiger partial charge in [-0.3, -0.25) is 4.79 Å². The molecule has 2 N–H and O–H groups in total. The standard InChI is InChI=1S/C9H17IN2O/c1-9(2,10)8(13)12-5-3-7(11)4-6-12/h7H,3-6,11H2,1-2H3. The summed E-state index contributed by atoms with van der Waals surface area (Å²) in [6.07, 6.45) is 1.89. The number of amides is 1. The van der Waals surface area contributed by atoms with E-state index >= 15 is 0 Å². The molecule has 76 valence electrons. The van der Waals surface area contributed by atoms with Crippen molar-refractivity contribution in [3.05, 3.63) is 0 Å². The molecule has 1 aliphatic rings. The Hall–Kier alpha value is 0.160. The topological polar surface area (TPSA) is 46.3 Å². The molecule has 0 aromatic heterocycles. The van der Waals surface area contributed by atoms with Gasteiger partial charge in [0, 0.05) is 19.1 Å². The van der Waals surface area contributed by atoms with E-state index in [0.29, 0.717) is 6.04 Å². The summed E-state index contributed by atoms with van der Waals surface area (Å²) >= 11 is 2.19. The molecule has 1 heterocycles.